The second kappa shape index (κ2) is 7.00. The highest BCUT2D eigenvalue weighted by Gasteiger charge is 2.25. The molecule has 0 aliphatic heterocycles. The Morgan fingerprint density at radius 2 is 1.71 bits per heavy atom. The van der Waals surface area contributed by atoms with Crippen LogP contribution in [0.5, 0.6) is 0 Å². The molecule has 0 saturated heterocycles. The van der Waals surface area contributed by atoms with Crippen LogP contribution in [0.2, 0.25) is 0 Å². The van der Waals surface area contributed by atoms with Crippen LogP contribution in [0, 0.1) is 0 Å². The number of nitrogens with zero attached hydrogens (tertiary/aromatic N) is 1. The molecule has 1 heterocycles. The van der Waals surface area contributed by atoms with E-state index in [0.717, 1.165) is 21.0 Å². The minimum Gasteiger partial charge on any atom is -0.298 e. The van der Waals surface area contributed by atoms with E-state index in [9.17, 15) is 13.2 Å². The lowest BCUT2D eigenvalue weighted by atomic mass is 10.1. The molecule has 0 fully saturated rings. The Morgan fingerprint density at radius 3 is 2.50 bits per heavy atom. The Kier molecular flexibility index (Phi) is 4.64. The van der Waals surface area contributed by atoms with E-state index in [-0.39, 0.29) is 10.5 Å². The van der Waals surface area contributed by atoms with Crippen molar-refractivity contribution in [2.45, 2.75) is 24.0 Å². The zero-order valence-electron chi connectivity index (χ0n) is 15.3. The summed E-state index contributed by atoms with van der Waals surface area (Å²) in [5, 5.41) is 4.68. The first-order valence-corrected chi connectivity index (χ1v) is 11.2. The molecule has 0 radical (unpaired) electrons. The van der Waals surface area contributed by atoms with Crippen molar-refractivity contribution in [3.63, 3.8) is 0 Å². The molecule has 0 aliphatic carbocycles. The molecule has 4 rings (SSSR count). The van der Waals surface area contributed by atoms with Crippen LogP contribution in [-0.4, -0.2) is 24.6 Å². The number of carbonyl (C=O) groups is 1. The smallest absolute Gasteiger partial charge is 0.258 e. The standard InChI is InChI=1S/C21H18N2O3S2/c1-13(2)28(25,26)18-10-6-5-9-16(18)20(24)23-21-22-19-15-8-4-3-7-14(15)11-12-17(19)27-21/h3-13H,1-2H3,(H,22,23,24). The fourth-order valence-corrected chi connectivity index (χ4v) is 5.16. The Labute approximate surface area is 167 Å². The fraction of sp³-hybridized carbons (Fsp3) is 0.143. The first-order valence-electron chi connectivity index (χ1n) is 8.80. The van der Waals surface area contributed by atoms with Crippen molar-refractivity contribution in [1.82, 2.24) is 4.98 Å². The molecule has 0 saturated carbocycles. The zero-order chi connectivity index (χ0) is 19.9. The molecule has 4 aromatic rings. The molecule has 0 atom stereocenters. The highest BCUT2D eigenvalue weighted by molar-refractivity contribution is 7.92. The number of carbonyl (C=O) groups excluding carboxylic acids is 1. The summed E-state index contributed by atoms with van der Waals surface area (Å²) in [6.07, 6.45) is 0. The third kappa shape index (κ3) is 3.16. The SMILES string of the molecule is CC(C)S(=O)(=O)c1ccccc1C(=O)Nc1nc2c(ccc3ccccc32)s1. The summed E-state index contributed by atoms with van der Waals surface area (Å²) in [6, 6.07) is 18.2. The number of sulfone groups is 1. The highest BCUT2D eigenvalue weighted by Crippen LogP contribution is 2.32. The van der Waals surface area contributed by atoms with E-state index >= 15 is 0 Å². The zero-order valence-corrected chi connectivity index (χ0v) is 17.0. The van der Waals surface area contributed by atoms with Gasteiger partial charge in [-0.15, -0.1) is 0 Å². The van der Waals surface area contributed by atoms with Crippen LogP contribution in [0.4, 0.5) is 5.13 Å². The van der Waals surface area contributed by atoms with Crippen molar-refractivity contribution < 1.29 is 13.2 Å². The van der Waals surface area contributed by atoms with Gasteiger partial charge in [-0.25, -0.2) is 13.4 Å². The summed E-state index contributed by atoms with van der Waals surface area (Å²) in [5.74, 6) is -0.483. The quantitative estimate of drug-likeness (QED) is 0.520. The van der Waals surface area contributed by atoms with Crippen LogP contribution in [0.25, 0.3) is 21.0 Å². The number of aromatic nitrogens is 1. The van der Waals surface area contributed by atoms with Gasteiger partial charge in [0.15, 0.2) is 15.0 Å². The van der Waals surface area contributed by atoms with Gasteiger partial charge in [0, 0.05) is 5.39 Å². The van der Waals surface area contributed by atoms with E-state index in [1.807, 2.05) is 36.4 Å². The van der Waals surface area contributed by atoms with Gasteiger partial charge in [0.1, 0.15) is 0 Å². The van der Waals surface area contributed by atoms with Gasteiger partial charge in [-0.2, -0.15) is 0 Å². The van der Waals surface area contributed by atoms with Crippen LogP contribution in [0.15, 0.2) is 65.6 Å². The average molecular weight is 411 g/mol. The number of hydrogen-bond acceptors (Lipinski definition) is 5. The summed E-state index contributed by atoms with van der Waals surface area (Å²) >= 11 is 1.36. The van der Waals surface area contributed by atoms with Crippen LogP contribution in [-0.2, 0) is 9.84 Å². The Balaban J connectivity index is 1.73. The van der Waals surface area contributed by atoms with Gasteiger partial charge in [-0.05, 0) is 37.4 Å². The van der Waals surface area contributed by atoms with Gasteiger partial charge < -0.3 is 0 Å². The van der Waals surface area contributed by atoms with E-state index in [1.165, 1.54) is 23.5 Å². The minimum atomic E-state index is -3.58. The summed E-state index contributed by atoms with van der Waals surface area (Å²) in [5.41, 5.74) is 0.946. The summed E-state index contributed by atoms with van der Waals surface area (Å²) in [6.45, 7) is 3.20. The summed E-state index contributed by atoms with van der Waals surface area (Å²) < 4.78 is 26.2. The molecule has 0 bridgehead atoms. The third-order valence-corrected chi connectivity index (χ3v) is 7.71. The topological polar surface area (TPSA) is 76.1 Å². The van der Waals surface area contributed by atoms with Crippen molar-refractivity contribution in [1.29, 1.82) is 0 Å². The molecule has 0 aliphatic rings. The fourth-order valence-electron chi connectivity index (χ4n) is 3.04. The van der Waals surface area contributed by atoms with Crippen molar-refractivity contribution in [3.8, 4) is 0 Å². The number of nitrogens with one attached hydrogen (secondary N) is 1. The van der Waals surface area contributed by atoms with Gasteiger partial charge in [0.05, 0.1) is 25.9 Å². The van der Waals surface area contributed by atoms with Gasteiger partial charge in [0.25, 0.3) is 5.91 Å². The highest BCUT2D eigenvalue weighted by atomic mass is 32.2. The van der Waals surface area contributed by atoms with E-state index < -0.39 is 21.0 Å². The van der Waals surface area contributed by atoms with E-state index in [0.29, 0.717) is 5.13 Å². The molecule has 28 heavy (non-hydrogen) atoms. The molecule has 1 aromatic heterocycles. The lowest BCUT2D eigenvalue weighted by molar-refractivity contribution is 0.102. The van der Waals surface area contributed by atoms with E-state index in [1.54, 1.807) is 26.0 Å². The number of fused-ring (bicyclic) bond motifs is 3. The van der Waals surface area contributed by atoms with Gasteiger partial charge >= 0.3 is 0 Å². The van der Waals surface area contributed by atoms with Crippen molar-refractivity contribution in [2.75, 3.05) is 5.32 Å². The van der Waals surface area contributed by atoms with Crippen LogP contribution in [0.1, 0.15) is 24.2 Å². The molecular weight excluding hydrogens is 392 g/mol. The van der Waals surface area contributed by atoms with Crippen molar-refractivity contribution >= 4 is 53.2 Å². The number of rotatable bonds is 4. The van der Waals surface area contributed by atoms with Crippen LogP contribution >= 0.6 is 11.3 Å². The number of thiazole rings is 1. The first kappa shape index (κ1) is 18.6. The number of anilines is 1. The maximum absolute atomic E-state index is 12.8. The molecule has 3 aromatic carbocycles. The molecule has 0 spiro atoms. The van der Waals surface area contributed by atoms with Crippen LogP contribution in [0.3, 0.4) is 0 Å². The second-order valence-corrected chi connectivity index (χ2v) is 10.2. The number of amides is 1. The van der Waals surface area contributed by atoms with Crippen molar-refractivity contribution in [3.05, 3.63) is 66.2 Å². The van der Waals surface area contributed by atoms with Crippen LogP contribution < -0.4 is 5.32 Å². The predicted octanol–water partition coefficient (Wildman–Crippen LogP) is 4.88. The molecule has 0 unspecified atom stereocenters. The summed E-state index contributed by atoms with van der Waals surface area (Å²) in [7, 11) is -3.58. The third-order valence-electron chi connectivity index (χ3n) is 4.56. The average Bonchev–Trinajstić information content (AvgIpc) is 3.10. The van der Waals surface area contributed by atoms with E-state index in [2.05, 4.69) is 10.3 Å². The van der Waals surface area contributed by atoms with E-state index in [4.69, 9.17) is 0 Å². The van der Waals surface area contributed by atoms with Gasteiger partial charge in [-0.1, -0.05) is 53.8 Å². The number of benzene rings is 3. The molecule has 142 valence electrons. The van der Waals surface area contributed by atoms with Gasteiger partial charge in [0.2, 0.25) is 0 Å². The predicted molar refractivity (Wildman–Crippen MR) is 114 cm³/mol. The largest absolute Gasteiger partial charge is 0.298 e. The maximum Gasteiger partial charge on any atom is 0.258 e. The first-order chi connectivity index (χ1) is 13.4. The molecule has 1 N–H and O–H groups in total. The summed E-state index contributed by atoms with van der Waals surface area (Å²) in [4.78, 5) is 17.4. The maximum atomic E-state index is 12.8. The monoisotopic (exact) mass is 410 g/mol. The second-order valence-electron chi connectivity index (χ2n) is 6.70. The Bertz CT molecular complexity index is 1310. The molecule has 7 heteroatoms. The Hall–Kier alpha value is -2.77. The lowest BCUT2D eigenvalue weighted by Gasteiger charge is -2.12. The van der Waals surface area contributed by atoms with Gasteiger partial charge in [-0.3, -0.25) is 10.1 Å². The molecular formula is C21H18N2O3S2. The minimum absolute atomic E-state index is 0.0362. The molecule has 1 amide bonds. The Morgan fingerprint density at radius 1 is 1.00 bits per heavy atom. The lowest BCUT2D eigenvalue weighted by Crippen LogP contribution is -2.20. The molecule has 5 nitrogen and oxygen atoms in total. The normalized spacial score (nSPS) is 12.0. The number of hydrogen-bond donors (Lipinski definition) is 1. The van der Waals surface area contributed by atoms with Crippen molar-refractivity contribution in [2.24, 2.45) is 0 Å².